The van der Waals surface area contributed by atoms with Crippen molar-refractivity contribution in [2.75, 3.05) is 12.4 Å². The molecule has 0 radical (unpaired) electrons. The molecule has 0 atom stereocenters. The summed E-state index contributed by atoms with van der Waals surface area (Å²) in [6.07, 6.45) is 1.64. The fourth-order valence-electron chi connectivity index (χ4n) is 2.02. The number of aromatic amines is 1. The molecule has 0 aliphatic carbocycles. The van der Waals surface area contributed by atoms with Crippen LogP contribution in [0.4, 0.5) is 20.3 Å². The van der Waals surface area contributed by atoms with Crippen molar-refractivity contribution in [1.82, 2.24) is 15.2 Å². The Morgan fingerprint density at radius 3 is 2.86 bits per heavy atom. The molecule has 0 bridgehead atoms. The van der Waals surface area contributed by atoms with Gasteiger partial charge >= 0.3 is 6.61 Å². The lowest BCUT2D eigenvalue weighted by Gasteiger charge is -2.11. The Kier molecular flexibility index (Phi) is 3.73. The van der Waals surface area contributed by atoms with Crippen molar-refractivity contribution < 1.29 is 18.3 Å². The lowest BCUT2D eigenvalue weighted by molar-refractivity contribution is -0.0511. The number of hydrogen-bond acceptors (Lipinski definition) is 5. The predicted molar refractivity (Wildman–Crippen MR) is 76.8 cm³/mol. The van der Waals surface area contributed by atoms with Crippen molar-refractivity contribution in [3.8, 4) is 11.5 Å². The van der Waals surface area contributed by atoms with Crippen LogP contribution in [0.2, 0.25) is 0 Å². The first-order chi connectivity index (χ1) is 10.7. The summed E-state index contributed by atoms with van der Waals surface area (Å²) >= 11 is 0. The first kappa shape index (κ1) is 14.1. The van der Waals surface area contributed by atoms with Gasteiger partial charge in [-0.25, -0.2) is 0 Å². The van der Waals surface area contributed by atoms with E-state index in [1.54, 1.807) is 18.3 Å². The molecule has 0 unspecified atom stereocenters. The maximum Gasteiger partial charge on any atom is 0.387 e. The molecule has 2 heterocycles. The normalized spacial score (nSPS) is 10.9. The van der Waals surface area contributed by atoms with Crippen molar-refractivity contribution in [2.24, 2.45) is 0 Å². The number of pyridine rings is 1. The molecule has 0 saturated heterocycles. The van der Waals surface area contributed by atoms with Crippen LogP contribution in [0.25, 0.3) is 11.0 Å². The van der Waals surface area contributed by atoms with Gasteiger partial charge < -0.3 is 14.8 Å². The SMILES string of the molecule is COc1ccc(Nc2n[nH]c3cccnc23)cc1OC(F)F. The average Bonchev–Trinajstić information content (AvgIpc) is 2.90. The van der Waals surface area contributed by atoms with Crippen LogP contribution >= 0.6 is 0 Å². The molecule has 6 nitrogen and oxygen atoms in total. The zero-order valence-electron chi connectivity index (χ0n) is 11.5. The number of nitrogens with one attached hydrogen (secondary N) is 2. The first-order valence-electron chi connectivity index (χ1n) is 6.36. The zero-order valence-corrected chi connectivity index (χ0v) is 11.5. The largest absolute Gasteiger partial charge is 0.493 e. The van der Waals surface area contributed by atoms with Gasteiger partial charge in [0.15, 0.2) is 17.3 Å². The second-order valence-corrected chi connectivity index (χ2v) is 4.34. The van der Waals surface area contributed by atoms with Crippen molar-refractivity contribution >= 4 is 22.5 Å². The first-order valence-corrected chi connectivity index (χ1v) is 6.36. The van der Waals surface area contributed by atoms with Crippen molar-refractivity contribution in [3.63, 3.8) is 0 Å². The molecule has 3 aromatic rings. The van der Waals surface area contributed by atoms with Crippen LogP contribution in [0, 0.1) is 0 Å². The van der Waals surface area contributed by atoms with Crippen molar-refractivity contribution in [1.29, 1.82) is 0 Å². The molecule has 0 saturated carbocycles. The summed E-state index contributed by atoms with van der Waals surface area (Å²) in [5.74, 6) is 0.648. The van der Waals surface area contributed by atoms with Crippen LogP contribution in [-0.4, -0.2) is 28.9 Å². The molecule has 0 fully saturated rings. The molecule has 22 heavy (non-hydrogen) atoms. The van der Waals surface area contributed by atoms with Gasteiger partial charge in [-0.2, -0.15) is 13.9 Å². The molecule has 8 heteroatoms. The third-order valence-electron chi connectivity index (χ3n) is 2.96. The van der Waals surface area contributed by atoms with E-state index in [2.05, 4.69) is 25.2 Å². The maximum atomic E-state index is 12.4. The molecule has 3 rings (SSSR count). The van der Waals surface area contributed by atoms with E-state index in [1.165, 1.54) is 19.2 Å². The quantitative estimate of drug-likeness (QED) is 0.756. The monoisotopic (exact) mass is 306 g/mol. The third kappa shape index (κ3) is 2.76. The number of methoxy groups -OCH3 is 1. The fraction of sp³-hybridized carbons (Fsp3) is 0.143. The number of ether oxygens (including phenoxy) is 2. The van der Waals surface area contributed by atoms with E-state index in [4.69, 9.17) is 4.74 Å². The minimum atomic E-state index is -2.93. The molecule has 1 aromatic carbocycles. The molecule has 2 aromatic heterocycles. The fourth-order valence-corrected chi connectivity index (χ4v) is 2.02. The van der Waals surface area contributed by atoms with E-state index >= 15 is 0 Å². The highest BCUT2D eigenvalue weighted by molar-refractivity contribution is 5.87. The van der Waals surface area contributed by atoms with E-state index in [0.29, 0.717) is 17.0 Å². The Balaban J connectivity index is 1.92. The number of fused-ring (bicyclic) bond motifs is 1. The molecular weight excluding hydrogens is 294 g/mol. The lowest BCUT2D eigenvalue weighted by atomic mass is 10.2. The Hall–Kier alpha value is -2.90. The van der Waals surface area contributed by atoms with Crippen molar-refractivity contribution in [3.05, 3.63) is 36.5 Å². The Morgan fingerprint density at radius 1 is 1.23 bits per heavy atom. The number of nitrogens with zero attached hydrogens (tertiary/aromatic N) is 2. The number of halogens is 2. The molecular formula is C14H12F2N4O2. The maximum absolute atomic E-state index is 12.4. The van der Waals surface area contributed by atoms with Gasteiger partial charge in [-0.15, -0.1) is 0 Å². The van der Waals surface area contributed by atoms with Crippen LogP contribution in [0.3, 0.4) is 0 Å². The Bertz CT molecular complexity index is 791. The van der Waals surface area contributed by atoms with Gasteiger partial charge in [0.2, 0.25) is 0 Å². The van der Waals surface area contributed by atoms with E-state index < -0.39 is 6.61 Å². The van der Waals surface area contributed by atoms with Gasteiger partial charge in [-0.05, 0) is 24.3 Å². The smallest absolute Gasteiger partial charge is 0.387 e. The summed E-state index contributed by atoms with van der Waals surface area (Å²) in [4.78, 5) is 4.21. The molecule has 0 aliphatic rings. The molecule has 0 amide bonds. The zero-order chi connectivity index (χ0) is 15.5. The molecule has 114 valence electrons. The minimum absolute atomic E-state index is 0.0599. The second kappa shape index (κ2) is 5.84. The van der Waals surface area contributed by atoms with Crippen LogP contribution in [0.15, 0.2) is 36.5 Å². The number of benzene rings is 1. The van der Waals surface area contributed by atoms with Crippen LogP contribution in [0.5, 0.6) is 11.5 Å². The Labute approximate surface area is 124 Å². The summed E-state index contributed by atoms with van der Waals surface area (Å²) in [5, 5.41) is 9.94. The highest BCUT2D eigenvalue weighted by Gasteiger charge is 2.13. The van der Waals surface area contributed by atoms with E-state index in [9.17, 15) is 8.78 Å². The van der Waals surface area contributed by atoms with E-state index in [1.807, 2.05) is 6.07 Å². The van der Waals surface area contributed by atoms with Gasteiger partial charge in [0.05, 0.1) is 12.6 Å². The van der Waals surface area contributed by atoms with Gasteiger partial charge in [0.1, 0.15) is 5.52 Å². The highest BCUT2D eigenvalue weighted by Crippen LogP contribution is 2.33. The predicted octanol–water partition coefficient (Wildman–Crippen LogP) is 3.31. The lowest BCUT2D eigenvalue weighted by Crippen LogP contribution is -2.04. The van der Waals surface area contributed by atoms with Gasteiger partial charge in [-0.1, -0.05) is 0 Å². The number of hydrogen-bond donors (Lipinski definition) is 2. The topological polar surface area (TPSA) is 72.1 Å². The van der Waals surface area contributed by atoms with E-state index in [-0.39, 0.29) is 11.5 Å². The summed E-state index contributed by atoms with van der Waals surface area (Å²) < 4.78 is 34.3. The van der Waals surface area contributed by atoms with Crippen LogP contribution < -0.4 is 14.8 Å². The standard InChI is InChI=1S/C14H12F2N4O2/c1-21-10-5-4-8(7-11(10)22-14(15)16)18-13-12-9(19-20-13)3-2-6-17-12/h2-7,14H,1H3,(H2,18,19,20). The average molecular weight is 306 g/mol. The highest BCUT2D eigenvalue weighted by atomic mass is 19.3. The molecule has 2 N–H and O–H groups in total. The molecule has 0 aliphatic heterocycles. The van der Waals surface area contributed by atoms with Crippen LogP contribution in [0.1, 0.15) is 0 Å². The van der Waals surface area contributed by atoms with Gasteiger partial charge in [0, 0.05) is 18.0 Å². The summed E-state index contributed by atoms with van der Waals surface area (Å²) in [6.45, 7) is -2.93. The number of rotatable bonds is 5. The third-order valence-corrected chi connectivity index (χ3v) is 2.96. The van der Waals surface area contributed by atoms with Gasteiger partial charge in [0.25, 0.3) is 0 Å². The number of H-pyrrole nitrogens is 1. The van der Waals surface area contributed by atoms with Crippen molar-refractivity contribution in [2.45, 2.75) is 6.61 Å². The number of aromatic nitrogens is 3. The van der Waals surface area contributed by atoms with Gasteiger partial charge in [-0.3, -0.25) is 10.1 Å². The number of alkyl halides is 2. The second-order valence-electron chi connectivity index (χ2n) is 4.34. The summed E-state index contributed by atoms with van der Waals surface area (Å²) in [6, 6.07) is 8.23. The van der Waals surface area contributed by atoms with Crippen LogP contribution in [-0.2, 0) is 0 Å². The Morgan fingerprint density at radius 2 is 2.09 bits per heavy atom. The minimum Gasteiger partial charge on any atom is -0.493 e. The number of anilines is 2. The molecule has 0 spiro atoms. The van der Waals surface area contributed by atoms with E-state index in [0.717, 1.165) is 5.52 Å². The summed E-state index contributed by atoms with van der Waals surface area (Å²) in [7, 11) is 1.38. The summed E-state index contributed by atoms with van der Waals surface area (Å²) in [5.41, 5.74) is 1.94.